The molecular weight excluding hydrogens is 190 g/mol. The zero-order chi connectivity index (χ0) is 10.3. The fourth-order valence-corrected chi connectivity index (χ4v) is 1.87. The summed E-state index contributed by atoms with van der Waals surface area (Å²) in [7, 11) is 0. The van der Waals surface area contributed by atoms with Gasteiger partial charge in [-0.15, -0.1) is 0 Å². The van der Waals surface area contributed by atoms with Gasteiger partial charge in [0.15, 0.2) is 0 Å². The molecule has 0 bridgehead atoms. The average molecular weight is 200 g/mol. The van der Waals surface area contributed by atoms with E-state index in [2.05, 4.69) is 0 Å². The Morgan fingerprint density at radius 3 is 2.14 bits per heavy atom. The summed E-state index contributed by atoms with van der Waals surface area (Å²) in [4.78, 5) is 0. The first kappa shape index (κ1) is 9.55. The second-order valence-electron chi connectivity index (χ2n) is 3.69. The lowest BCUT2D eigenvalue weighted by molar-refractivity contribution is -0.122. The average Bonchev–Trinajstić information content (AvgIpc) is 2.00. The highest BCUT2D eigenvalue weighted by Gasteiger charge is 2.46. The molecule has 0 unspecified atom stereocenters. The molecule has 1 fully saturated rings. The van der Waals surface area contributed by atoms with Crippen LogP contribution in [0, 0.1) is 11.6 Å². The van der Waals surface area contributed by atoms with Gasteiger partial charge in [0.2, 0.25) is 0 Å². The Bertz CT molecular complexity index is 339. The van der Waals surface area contributed by atoms with E-state index in [0.717, 1.165) is 12.1 Å². The maximum atomic E-state index is 13.2. The Labute approximate surface area is 79.8 Å². The van der Waals surface area contributed by atoms with Gasteiger partial charge in [-0.3, -0.25) is 0 Å². The fourth-order valence-electron chi connectivity index (χ4n) is 1.87. The van der Waals surface area contributed by atoms with Crippen LogP contribution in [0.3, 0.4) is 0 Å². The molecule has 14 heavy (non-hydrogen) atoms. The Kier molecular flexibility index (Phi) is 2.05. The van der Waals surface area contributed by atoms with Gasteiger partial charge in [0.05, 0.1) is 11.7 Å². The third-order valence-corrected chi connectivity index (χ3v) is 2.57. The molecule has 0 aromatic heterocycles. The van der Waals surface area contributed by atoms with Crippen molar-refractivity contribution in [2.75, 3.05) is 0 Å². The zero-order valence-corrected chi connectivity index (χ0v) is 7.37. The largest absolute Gasteiger partial charge is 0.393 e. The summed E-state index contributed by atoms with van der Waals surface area (Å²) < 4.78 is 26.4. The molecule has 76 valence electrons. The lowest BCUT2D eigenvalue weighted by Gasteiger charge is -2.41. The van der Waals surface area contributed by atoms with E-state index < -0.39 is 23.3 Å². The van der Waals surface area contributed by atoms with Crippen molar-refractivity contribution in [1.82, 2.24) is 0 Å². The summed E-state index contributed by atoms with van der Waals surface area (Å²) in [5, 5.41) is 18.8. The lowest BCUT2D eigenvalue weighted by atomic mass is 9.72. The maximum absolute atomic E-state index is 13.2. The van der Waals surface area contributed by atoms with Crippen LogP contribution in [0.2, 0.25) is 0 Å². The first-order valence-electron chi connectivity index (χ1n) is 4.38. The van der Waals surface area contributed by atoms with Gasteiger partial charge in [0, 0.05) is 12.8 Å². The minimum absolute atomic E-state index is 0.00907. The molecule has 0 atom stereocenters. The Hall–Kier alpha value is -1.00. The van der Waals surface area contributed by atoms with Crippen molar-refractivity contribution < 1.29 is 19.0 Å². The summed E-state index contributed by atoms with van der Waals surface area (Å²) in [6, 6.07) is 3.44. The standard InChI is InChI=1S/C10H10F2O2/c11-7-2-1-3-8(12)9(7)10(14)4-6(13)5-10/h1-3,6,13-14H,4-5H2. The van der Waals surface area contributed by atoms with E-state index in [4.69, 9.17) is 5.11 Å². The monoisotopic (exact) mass is 200 g/mol. The number of halogens is 2. The van der Waals surface area contributed by atoms with Crippen molar-refractivity contribution in [3.8, 4) is 0 Å². The van der Waals surface area contributed by atoms with Crippen molar-refractivity contribution in [1.29, 1.82) is 0 Å². The van der Waals surface area contributed by atoms with Crippen LogP contribution < -0.4 is 0 Å². The summed E-state index contributed by atoms with van der Waals surface area (Å²) in [5.74, 6) is -1.53. The number of hydrogen-bond donors (Lipinski definition) is 2. The van der Waals surface area contributed by atoms with E-state index in [0.29, 0.717) is 0 Å². The number of benzene rings is 1. The molecule has 0 aliphatic heterocycles. The Balaban J connectivity index is 2.41. The predicted octanol–water partition coefficient (Wildman–Crippen LogP) is 1.31. The smallest absolute Gasteiger partial charge is 0.132 e. The molecule has 1 aliphatic rings. The number of rotatable bonds is 1. The molecule has 1 aromatic carbocycles. The van der Waals surface area contributed by atoms with Crippen LogP contribution in [0.25, 0.3) is 0 Å². The molecule has 0 spiro atoms. The fraction of sp³-hybridized carbons (Fsp3) is 0.400. The molecule has 2 rings (SSSR count). The molecule has 1 aliphatic carbocycles. The molecule has 0 amide bonds. The van der Waals surface area contributed by atoms with Crippen LogP contribution >= 0.6 is 0 Å². The molecule has 1 saturated carbocycles. The quantitative estimate of drug-likeness (QED) is 0.717. The highest BCUT2D eigenvalue weighted by Crippen LogP contribution is 2.43. The van der Waals surface area contributed by atoms with Gasteiger partial charge < -0.3 is 10.2 Å². The first-order chi connectivity index (χ1) is 6.53. The van der Waals surface area contributed by atoms with E-state index in [1.807, 2.05) is 0 Å². The molecular formula is C10H10F2O2. The predicted molar refractivity (Wildman–Crippen MR) is 45.5 cm³/mol. The van der Waals surface area contributed by atoms with Crippen LogP contribution in [0.1, 0.15) is 18.4 Å². The first-order valence-corrected chi connectivity index (χ1v) is 4.38. The zero-order valence-electron chi connectivity index (χ0n) is 7.37. The molecule has 2 N–H and O–H groups in total. The Morgan fingerprint density at radius 1 is 1.21 bits per heavy atom. The van der Waals surface area contributed by atoms with Crippen molar-refractivity contribution >= 4 is 0 Å². The van der Waals surface area contributed by atoms with Crippen LogP contribution in [0.4, 0.5) is 8.78 Å². The minimum Gasteiger partial charge on any atom is -0.393 e. The summed E-state index contributed by atoms with van der Waals surface area (Å²) in [6.45, 7) is 0. The highest BCUT2D eigenvalue weighted by atomic mass is 19.1. The normalized spacial score (nSPS) is 31.3. The van der Waals surface area contributed by atoms with E-state index >= 15 is 0 Å². The Morgan fingerprint density at radius 2 is 1.71 bits per heavy atom. The molecule has 1 aromatic rings. The SMILES string of the molecule is OC1CC(O)(c2c(F)cccc2F)C1. The van der Waals surface area contributed by atoms with Gasteiger partial charge in [-0.1, -0.05) is 6.07 Å². The van der Waals surface area contributed by atoms with Gasteiger partial charge in [0.1, 0.15) is 17.2 Å². The van der Waals surface area contributed by atoms with Crippen LogP contribution in [0.5, 0.6) is 0 Å². The highest BCUT2D eigenvalue weighted by molar-refractivity contribution is 5.29. The molecule has 2 nitrogen and oxygen atoms in total. The van der Waals surface area contributed by atoms with Crippen LogP contribution in [-0.4, -0.2) is 16.3 Å². The van der Waals surface area contributed by atoms with Crippen molar-refractivity contribution in [2.24, 2.45) is 0 Å². The van der Waals surface area contributed by atoms with Gasteiger partial charge >= 0.3 is 0 Å². The van der Waals surface area contributed by atoms with Gasteiger partial charge in [-0.25, -0.2) is 8.78 Å². The second-order valence-corrected chi connectivity index (χ2v) is 3.69. The lowest BCUT2D eigenvalue weighted by Crippen LogP contribution is -2.45. The van der Waals surface area contributed by atoms with Gasteiger partial charge in [-0.2, -0.15) is 0 Å². The molecule has 0 saturated heterocycles. The second kappa shape index (κ2) is 3.00. The van der Waals surface area contributed by atoms with Crippen molar-refractivity contribution in [3.63, 3.8) is 0 Å². The van der Waals surface area contributed by atoms with Gasteiger partial charge in [-0.05, 0) is 12.1 Å². The number of aliphatic hydroxyl groups is 2. The topological polar surface area (TPSA) is 40.5 Å². The van der Waals surface area contributed by atoms with E-state index in [1.54, 1.807) is 0 Å². The summed E-state index contributed by atoms with van der Waals surface area (Å²) in [5.41, 5.74) is -1.86. The van der Waals surface area contributed by atoms with E-state index in [1.165, 1.54) is 6.07 Å². The van der Waals surface area contributed by atoms with Gasteiger partial charge in [0.25, 0.3) is 0 Å². The maximum Gasteiger partial charge on any atom is 0.132 e. The minimum atomic E-state index is -1.53. The van der Waals surface area contributed by atoms with Crippen LogP contribution in [-0.2, 0) is 5.60 Å². The van der Waals surface area contributed by atoms with Crippen LogP contribution in [0.15, 0.2) is 18.2 Å². The molecule has 0 heterocycles. The van der Waals surface area contributed by atoms with E-state index in [9.17, 15) is 13.9 Å². The van der Waals surface area contributed by atoms with E-state index in [-0.39, 0.29) is 18.4 Å². The molecule has 4 heteroatoms. The summed E-state index contributed by atoms with van der Waals surface area (Å²) >= 11 is 0. The molecule has 0 radical (unpaired) electrons. The third-order valence-electron chi connectivity index (χ3n) is 2.57. The number of aliphatic hydroxyl groups excluding tert-OH is 1. The summed E-state index contributed by atoms with van der Waals surface area (Å²) in [6.07, 6.45) is -0.686. The third kappa shape index (κ3) is 1.31. The van der Waals surface area contributed by atoms with Crippen molar-refractivity contribution in [2.45, 2.75) is 24.5 Å². The van der Waals surface area contributed by atoms with Crippen molar-refractivity contribution in [3.05, 3.63) is 35.4 Å². The number of hydrogen-bond acceptors (Lipinski definition) is 2.